The van der Waals surface area contributed by atoms with Crippen molar-refractivity contribution in [1.82, 2.24) is 14.9 Å². The fourth-order valence-electron chi connectivity index (χ4n) is 2.69. The Morgan fingerprint density at radius 2 is 2.36 bits per heavy atom. The molecule has 1 amide bonds. The van der Waals surface area contributed by atoms with Gasteiger partial charge in [-0.2, -0.15) is 0 Å². The van der Waals surface area contributed by atoms with Crippen molar-refractivity contribution in [3.8, 4) is 0 Å². The van der Waals surface area contributed by atoms with Gasteiger partial charge in [-0.3, -0.25) is 14.2 Å². The lowest BCUT2D eigenvalue weighted by Crippen LogP contribution is -2.36. The molecule has 0 saturated carbocycles. The highest BCUT2D eigenvalue weighted by Gasteiger charge is 2.16. The highest BCUT2D eigenvalue weighted by molar-refractivity contribution is 5.81. The second-order valence-electron chi connectivity index (χ2n) is 5.59. The molecule has 1 aliphatic heterocycles. The largest absolute Gasteiger partial charge is 0.376 e. The summed E-state index contributed by atoms with van der Waals surface area (Å²) in [6, 6.07) is 5.47. The van der Waals surface area contributed by atoms with E-state index < -0.39 is 0 Å². The zero-order valence-electron chi connectivity index (χ0n) is 12.5. The summed E-state index contributed by atoms with van der Waals surface area (Å²) >= 11 is 0. The molecule has 22 heavy (non-hydrogen) atoms. The number of aromatic nitrogens is 2. The maximum absolute atomic E-state index is 12.4. The maximum Gasteiger partial charge on any atom is 0.261 e. The van der Waals surface area contributed by atoms with Crippen molar-refractivity contribution in [3.05, 3.63) is 40.4 Å². The van der Waals surface area contributed by atoms with Gasteiger partial charge in [-0.1, -0.05) is 12.1 Å². The van der Waals surface area contributed by atoms with Crippen LogP contribution in [-0.4, -0.2) is 34.7 Å². The number of carbonyl (C=O) groups is 1. The molecule has 0 bridgehead atoms. The number of fused-ring (bicyclic) bond motifs is 1. The van der Waals surface area contributed by atoms with Crippen molar-refractivity contribution in [2.75, 3.05) is 13.2 Å². The zero-order chi connectivity index (χ0) is 15.5. The van der Waals surface area contributed by atoms with Gasteiger partial charge in [0.05, 0.1) is 23.3 Å². The quantitative estimate of drug-likeness (QED) is 0.914. The molecular formula is C16H19N3O3. The molecule has 1 aliphatic rings. The molecule has 1 saturated heterocycles. The molecule has 2 aromatic rings. The third-order valence-corrected chi connectivity index (χ3v) is 3.92. The average molecular weight is 301 g/mol. The summed E-state index contributed by atoms with van der Waals surface area (Å²) in [6.45, 7) is 3.14. The third-order valence-electron chi connectivity index (χ3n) is 3.92. The molecule has 1 atom stereocenters. The molecule has 2 heterocycles. The van der Waals surface area contributed by atoms with Gasteiger partial charge < -0.3 is 10.1 Å². The number of nitrogens with zero attached hydrogens (tertiary/aromatic N) is 2. The van der Waals surface area contributed by atoms with E-state index in [9.17, 15) is 9.59 Å². The Balaban J connectivity index is 1.72. The van der Waals surface area contributed by atoms with E-state index in [0.29, 0.717) is 17.4 Å². The summed E-state index contributed by atoms with van der Waals surface area (Å²) in [5.41, 5.74) is 1.44. The molecule has 1 N–H and O–H groups in total. The molecule has 1 fully saturated rings. The summed E-state index contributed by atoms with van der Waals surface area (Å²) in [5, 5.41) is 3.34. The third kappa shape index (κ3) is 3.01. The number of carbonyl (C=O) groups excluding carboxylic acids is 1. The fraction of sp³-hybridized carbons (Fsp3) is 0.438. The van der Waals surface area contributed by atoms with Gasteiger partial charge in [-0.25, -0.2) is 4.98 Å². The van der Waals surface area contributed by atoms with Gasteiger partial charge in [0, 0.05) is 13.2 Å². The van der Waals surface area contributed by atoms with Crippen LogP contribution in [0, 0.1) is 6.92 Å². The van der Waals surface area contributed by atoms with Gasteiger partial charge in [0.15, 0.2) is 0 Å². The number of amides is 1. The van der Waals surface area contributed by atoms with Gasteiger partial charge in [0.25, 0.3) is 5.56 Å². The van der Waals surface area contributed by atoms with E-state index in [4.69, 9.17) is 4.74 Å². The van der Waals surface area contributed by atoms with Crippen LogP contribution in [0.3, 0.4) is 0 Å². The number of hydrogen-bond acceptors (Lipinski definition) is 4. The summed E-state index contributed by atoms with van der Waals surface area (Å²) in [4.78, 5) is 28.7. The molecule has 0 aliphatic carbocycles. The Morgan fingerprint density at radius 3 is 3.14 bits per heavy atom. The SMILES string of the molecule is Cc1cccc2c(=O)n(CC(=O)NCC3CCCO3)cnc12. The first-order chi connectivity index (χ1) is 10.6. The van der Waals surface area contributed by atoms with Crippen LogP contribution >= 0.6 is 0 Å². The molecule has 3 rings (SSSR count). The number of rotatable bonds is 4. The Bertz CT molecular complexity index is 748. The first-order valence-corrected chi connectivity index (χ1v) is 7.48. The van der Waals surface area contributed by atoms with Crippen molar-refractivity contribution in [2.45, 2.75) is 32.4 Å². The second kappa shape index (κ2) is 6.27. The predicted octanol–water partition coefficient (Wildman–Crippen LogP) is 1.00. The Kier molecular flexibility index (Phi) is 4.20. The number of benzene rings is 1. The smallest absolute Gasteiger partial charge is 0.261 e. The number of ether oxygens (including phenoxy) is 1. The first-order valence-electron chi connectivity index (χ1n) is 7.48. The zero-order valence-corrected chi connectivity index (χ0v) is 12.5. The molecule has 1 aromatic carbocycles. The molecule has 1 unspecified atom stereocenters. The molecule has 6 heteroatoms. The highest BCUT2D eigenvalue weighted by Crippen LogP contribution is 2.11. The molecule has 0 radical (unpaired) electrons. The summed E-state index contributed by atoms with van der Waals surface area (Å²) in [7, 11) is 0. The minimum Gasteiger partial charge on any atom is -0.376 e. The molecule has 6 nitrogen and oxygen atoms in total. The highest BCUT2D eigenvalue weighted by atomic mass is 16.5. The minimum absolute atomic E-state index is 0.0254. The van der Waals surface area contributed by atoms with Crippen LogP contribution in [0.25, 0.3) is 10.9 Å². The van der Waals surface area contributed by atoms with Gasteiger partial charge in [-0.15, -0.1) is 0 Å². The lowest BCUT2D eigenvalue weighted by molar-refractivity contribution is -0.122. The van der Waals surface area contributed by atoms with Crippen LogP contribution in [0.4, 0.5) is 0 Å². The van der Waals surface area contributed by atoms with Crippen LogP contribution < -0.4 is 10.9 Å². The predicted molar refractivity (Wildman–Crippen MR) is 82.7 cm³/mol. The monoisotopic (exact) mass is 301 g/mol. The normalized spacial score (nSPS) is 17.8. The van der Waals surface area contributed by atoms with Crippen molar-refractivity contribution in [3.63, 3.8) is 0 Å². The number of hydrogen-bond donors (Lipinski definition) is 1. The lowest BCUT2D eigenvalue weighted by atomic mass is 10.1. The number of nitrogens with one attached hydrogen (secondary N) is 1. The van der Waals surface area contributed by atoms with Crippen molar-refractivity contribution in [2.24, 2.45) is 0 Å². The van der Waals surface area contributed by atoms with Gasteiger partial charge >= 0.3 is 0 Å². The van der Waals surface area contributed by atoms with Gasteiger partial charge in [0.1, 0.15) is 6.54 Å². The van der Waals surface area contributed by atoms with Crippen LogP contribution in [-0.2, 0) is 16.1 Å². The van der Waals surface area contributed by atoms with E-state index in [1.165, 1.54) is 10.9 Å². The summed E-state index contributed by atoms with van der Waals surface area (Å²) in [5.74, 6) is -0.202. The minimum atomic E-state index is -0.202. The molecule has 1 aromatic heterocycles. The van der Waals surface area contributed by atoms with Gasteiger partial charge in [-0.05, 0) is 31.4 Å². The topological polar surface area (TPSA) is 73.2 Å². The Labute approximate surface area is 128 Å². The van der Waals surface area contributed by atoms with Gasteiger partial charge in [0.2, 0.25) is 5.91 Å². The van der Waals surface area contributed by atoms with Crippen molar-refractivity contribution < 1.29 is 9.53 Å². The van der Waals surface area contributed by atoms with Crippen molar-refractivity contribution >= 4 is 16.8 Å². The number of aryl methyl sites for hydroxylation is 1. The van der Waals surface area contributed by atoms with Crippen LogP contribution in [0.5, 0.6) is 0 Å². The standard InChI is InChI=1S/C16H19N3O3/c1-11-4-2-6-13-15(11)18-10-19(16(13)21)9-14(20)17-8-12-5-3-7-22-12/h2,4,6,10,12H,3,5,7-9H2,1H3,(H,17,20). The number of para-hydroxylation sites is 1. The molecular weight excluding hydrogens is 282 g/mol. The van der Waals surface area contributed by atoms with E-state index in [-0.39, 0.29) is 24.1 Å². The van der Waals surface area contributed by atoms with Crippen LogP contribution in [0.2, 0.25) is 0 Å². The Morgan fingerprint density at radius 1 is 1.50 bits per heavy atom. The lowest BCUT2D eigenvalue weighted by Gasteiger charge is -2.12. The van der Waals surface area contributed by atoms with Crippen molar-refractivity contribution in [1.29, 1.82) is 0 Å². The van der Waals surface area contributed by atoms with Crippen LogP contribution in [0.1, 0.15) is 18.4 Å². The van der Waals surface area contributed by atoms with E-state index in [2.05, 4.69) is 10.3 Å². The van der Waals surface area contributed by atoms with E-state index >= 15 is 0 Å². The Hall–Kier alpha value is -2.21. The van der Waals surface area contributed by atoms with E-state index in [0.717, 1.165) is 25.0 Å². The molecule has 0 spiro atoms. The summed E-state index contributed by atoms with van der Waals surface area (Å²) in [6.07, 6.45) is 3.53. The fourth-order valence-corrected chi connectivity index (χ4v) is 2.69. The van der Waals surface area contributed by atoms with Crippen LogP contribution in [0.15, 0.2) is 29.3 Å². The van der Waals surface area contributed by atoms with E-state index in [1.807, 2.05) is 19.1 Å². The molecule has 116 valence electrons. The van der Waals surface area contributed by atoms with E-state index in [1.54, 1.807) is 6.07 Å². The first kappa shape index (κ1) is 14.7. The maximum atomic E-state index is 12.4. The average Bonchev–Trinajstić information content (AvgIpc) is 3.02. The summed E-state index contributed by atoms with van der Waals surface area (Å²) < 4.78 is 6.79. The second-order valence-corrected chi connectivity index (χ2v) is 5.59.